The number of phenolic OH excluding ortho intramolecular Hbond substituents is 1. The smallest absolute Gasteiger partial charge is 0.134 e. The van der Waals surface area contributed by atoms with Crippen LogP contribution in [-0.4, -0.2) is 36.2 Å². The fourth-order valence-electron chi connectivity index (χ4n) is 3.12. The molecule has 0 bridgehead atoms. The Labute approximate surface area is 126 Å². The van der Waals surface area contributed by atoms with Gasteiger partial charge in [-0.15, -0.1) is 0 Å². The summed E-state index contributed by atoms with van der Waals surface area (Å²) in [6, 6.07) is 5.41. The summed E-state index contributed by atoms with van der Waals surface area (Å²) in [7, 11) is 4.35. The van der Waals surface area contributed by atoms with Gasteiger partial charge in [-0.2, -0.15) is 0 Å². The highest BCUT2D eigenvalue weighted by atomic mass is 35.5. The fraction of sp³-hybridized carbons (Fsp3) is 0.625. The summed E-state index contributed by atoms with van der Waals surface area (Å²) < 4.78 is 0. The summed E-state index contributed by atoms with van der Waals surface area (Å²) in [4.78, 5) is 2.36. The predicted octanol–water partition coefficient (Wildman–Crippen LogP) is 3.40. The van der Waals surface area contributed by atoms with Gasteiger partial charge in [0.05, 0.1) is 5.02 Å². The van der Waals surface area contributed by atoms with Gasteiger partial charge >= 0.3 is 0 Å². The minimum atomic E-state index is 0.158. The third-order valence-corrected chi connectivity index (χ3v) is 5.00. The quantitative estimate of drug-likeness (QED) is 0.874. The highest BCUT2D eigenvalue weighted by molar-refractivity contribution is 6.32. The molecule has 3 nitrogen and oxygen atoms in total. The van der Waals surface area contributed by atoms with E-state index in [1.165, 1.54) is 32.1 Å². The lowest BCUT2D eigenvalue weighted by atomic mass is 9.80. The molecule has 0 aliphatic heterocycles. The molecule has 112 valence electrons. The molecule has 0 unspecified atom stereocenters. The summed E-state index contributed by atoms with van der Waals surface area (Å²) in [6.07, 6.45) is 6.48. The zero-order valence-corrected chi connectivity index (χ0v) is 13.2. The average molecular weight is 297 g/mol. The Bertz CT molecular complexity index is 442. The van der Waals surface area contributed by atoms with Gasteiger partial charge in [0.2, 0.25) is 0 Å². The van der Waals surface area contributed by atoms with Crippen molar-refractivity contribution in [2.75, 3.05) is 20.6 Å². The molecule has 0 amide bonds. The molecule has 2 rings (SSSR count). The first-order valence-electron chi connectivity index (χ1n) is 7.40. The Morgan fingerprint density at radius 2 is 1.95 bits per heavy atom. The number of likely N-dealkylation sites (N-methyl/N-ethyl adjacent to an activating group) is 1. The van der Waals surface area contributed by atoms with Crippen molar-refractivity contribution in [3.8, 4) is 5.75 Å². The largest absolute Gasteiger partial charge is 0.506 e. The van der Waals surface area contributed by atoms with Crippen LogP contribution in [0.2, 0.25) is 5.02 Å². The van der Waals surface area contributed by atoms with E-state index in [2.05, 4.69) is 24.3 Å². The van der Waals surface area contributed by atoms with Gasteiger partial charge < -0.3 is 15.3 Å². The third-order valence-electron chi connectivity index (χ3n) is 4.56. The number of hydrogen-bond donors (Lipinski definition) is 2. The van der Waals surface area contributed by atoms with E-state index in [1.54, 1.807) is 6.07 Å². The van der Waals surface area contributed by atoms with Gasteiger partial charge in [-0.3, -0.25) is 0 Å². The number of phenols is 1. The SMILES string of the molecule is CN(C)C1(CNCc2cccc(O)c2Cl)CCCCC1. The van der Waals surface area contributed by atoms with Gasteiger partial charge in [0.25, 0.3) is 0 Å². The minimum absolute atomic E-state index is 0.158. The van der Waals surface area contributed by atoms with E-state index < -0.39 is 0 Å². The predicted molar refractivity (Wildman–Crippen MR) is 84.3 cm³/mol. The molecule has 0 aromatic heterocycles. The average Bonchev–Trinajstić information content (AvgIpc) is 2.44. The van der Waals surface area contributed by atoms with Crippen LogP contribution in [0.4, 0.5) is 0 Å². The standard InChI is InChI=1S/C16H25ClN2O/c1-19(2)16(9-4-3-5-10-16)12-18-11-13-7-6-8-14(20)15(13)17/h6-8,18,20H,3-5,9-12H2,1-2H3. The summed E-state index contributed by atoms with van der Waals surface area (Å²) in [5, 5.41) is 13.6. The number of nitrogens with one attached hydrogen (secondary N) is 1. The number of nitrogens with zero attached hydrogens (tertiary/aromatic N) is 1. The second kappa shape index (κ2) is 6.79. The number of hydrogen-bond acceptors (Lipinski definition) is 3. The zero-order valence-electron chi connectivity index (χ0n) is 12.5. The molecule has 1 fully saturated rings. The monoisotopic (exact) mass is 296 g/mol. The lowest BCUT2D eigenvalue weighted by Gasteiger charge is -2.43. The van der Waals surface area contributed by atoms with Crippen molar-refractivity contribution < 1.29 is 5.11 Å². The van der Waals surface area contributed by atoms with Gasteiger partial charge in [0, 0.05) is 18.6 Å². The van der Waals surface area contributed by atoms with E-state index in [4.69, 9.17) is 11.6 Å². The molecule has 1 saturated carbocycles. The molecule has 0 saturated heterocycles. The van der Waals surface area contributed by atoms with Crippen LogP contribution in [0.3, 0.4) is 0 Å². The van der Waals surface area contributed by atoms with E-state index in [1.807, 2.05) is 12.1 Å². The molecule has 0 radical (unpaired) electrons. The maximum absolute atomic E-state index is 9.62. The highest BCUT2D eigenvalue weighted by Gasteiger charge is 2.33. The van der Waals surface area contributed by atoms with Crippen LogP contribution >= 0.6 is 11.6 Å². The third kappa shape index (κ3) is 3.46. The van der Waals surface area contributed by atoms with Gasteiger partial charge in [-0.1, -0.05) is 43.0 Å². The van der Waals surface area contributed by atoms with Crippen LogP contribution < -0.4 is 5.32 Å². The van der Waals surface area contributed by atoms with Gasteiger partial charge in [-0.05, 0) is 38.6 Å². The topological polar surface area (TPSA) is 35.5 Å². The maximum Gasteiger partial charge on any atom is 0.134 e. The van der Waals surface area contributed by atoms with Crippen LogP contribution in [0, 0.1) is 0 Å². The van der Waals surface area contributed by atoms with Gasteiger partial charge in [0.15, 0.2) is 0 Å². The van der Waals surface area contributed by atoms with Gasteiger partial charge in [-0.25, -0.2) is 0 Å². The summed E-state index contributed by atoms with van der Waals surface area (Å²) >= 11 is 6.11. The molecule has 2 N–H and O–H groups in total. The fourth-order valence-corrected chi connectivity index (χ4v) is 3.32. The first-order valence-corrected chi connectivity index (χ1v) is 7.77. The summed E-state index contributed by atoms with van der Waals surface area (Å²) in [5.74, 6) is 0.158. The lowest BCUT2D eigenvalue weighted by molar-refractivity contribution is 0.0984. The van der Waals surface area contributed by atoms with Crippen molar-refractivity contribution in [3.05, 3.63) is 28.8 Å². The molecule has 0 atom stereocenters. The molecule has 1 aromatic carbocycles. The first kappa shape index (κ1) is 15.6. The summed E-state index contributed by atoms with van der Waals surface area (Å²) in [5.41, 5.74) is 1.22. The lowest BCUT2D eigenvalue weighted by Crippen LogP contribution is -2.52. The van der Waals surface area contributed by atoms with Crippen molar-refractivity contribution in [2.45, 2.75) is 44.2 Å². The normalized spacial score (nSPS) is 18.4. The zero-order chi connectivity index (χ0) is 14.6. The Kier molecular flexibility index (Phi) is 5.30. The van der Waals surface area contributed by atoms with Crippen molar-refractivity contribution in [3.63, 3.8) is 0 Å². The molecular weight excluding hydrogens is 272 g/mol. The molecule has 0 heterocycles. The highest BCUT2D eigenvalue weighted by Crippen LogP contribution is 2.32. The molecular formula is C16H25ClN2O. The maximum atomic E-state index is 9.62. The van der Waals surface area contributed by atoms with Crippen LogP contribution in [0.5, 0.6) is 5.75 Å². The van der Waals surface area contributed by atoms with E-state index in [0.29, 0.717) is 11.6 Å². The van der Waals surface area contributed by atoms with Crippen molar-refractivity contribution >= 4 is 11.6 Å². The summed E-state index contributed by atoms with van der Waals surface area (Å²) in [6.45, 7) is 1.66. The van der Waals surface area contributed by atoms with Crippen LogP contribution in [-0.2, 0) is 6.54 Å². The van der Waals surface area contributed by atoms with E-state index >= 15 is 0 Å². The second-order valence-corrected chi connectivity index (χ2v) is 6.41. The van der Waals surface area contributed by atoms with Crippen LogP contribution in [0.15, 0.2) is 18.2 Å². The Balaban J connectivity index is 1.95. The Hall–Kier alpha value is -0.770. The van der Waals surface area contributed by atoms with E-state index in [0.717, 1.165) is 12.1 Å². The Morgan fingerprint density at radius 3 is 2.60 bits per heavy atom. The first-order chi connectivity index (χ1) is 9.55. The molecule has 20 heavy (non-hydrogen) atoms. The second-order valence-electron chi connectivity index (χ2n) is 6.03. The van der Waals surface area contributed by atoms with Gasteiger partial charge in [0.1, 0.15) is 5.75 Å². The van der Waals surface area contributed by atoms with Crippen LogP contribution in [0.25, 0.3) is 0 Å². The minimum Gasteiger partial charge on any atom is -0.506 e. The number of halogens is 1. The number of aromatic hydroxyl groups is 1. The Morgan fingerprint density at radius 1 is 1.25 bits per heavy atom. The van der Waals surface area contributed by atoms with Crippen LogP contribution in [0.1, 0.15) is 37.7 Å². The molecule has 1 aromatic rings. The number of benzene rings is 1. The molecule has 1 aliphatic rings. The molecule has 4 heteroatoms. The van der Waals surface area contributed by atoms with Crippen molar-refractivity contribution in [1.29, 1.82) is 0 Å². The van der Waals surface area contributed by atoms with Crippen molar-refractivity contribution in [1.82, 2.24) is 10.2 Å². The van der Waals surface area contributed by atoms with E-state index in [-0.39, 0.29) is 11.3 Å². The van der Waals surface area contributed by atoms with E-state index in [9.17, 15) is 5.11 Å². The number of rotatable bonds is 5. The molecule has 1 aliphatic carbocycles. The van der Waals surface area contributed by atoms with Crippen molar-refractivity contribution in [2.24, 2.45) is 0 Å². The molecule has 0 spiro atoms.